The summed E-state index contributed by atoms with van der Waals surface area (Å²) >= 11 is 0. The molecule has 0 atom stereocenters. The molecule has 0 aliphatic heterocycles. The van der Waals surface area contributed by atoms with Crippen LogP contribution in [0.3, 0.4) is 0 Å². The van der Waals surface area contributed by atoms with Gasteiger partial charge in [0.1, 0.15) is 0 Å². The van der Waals surface area contributed by atoms with Crippen LogP contribution in [-0.2, 0) is 0 Å². The zero-order valence-corrected chi connectivity index (χ0v) is 5.74. The van der Waals surface area contributed by atoms with E-state index in [0.29, 0.717) is 5.56 Å². The fourth-order valence-electron chi connectivity index (χ4n) is 0.581. The summed E-state index contributed by atoms with van der Waals surface area (Å²) in [6, 6.07) is 8.30. The lowest BCUT2D eigenvalue weighted by atomic mass is 10.2. The Morgan fingerprint density at radius 3 is 1.82 bits per heavy atom. The van der Waals surface area contributed by atoms with Gasteiger partial charge in [0.05, 0.1) is 5.56 Å². The fraction of sp³-hybridized carbons (Fsp3) is 0. The Bertz CT molecular complexity index is 207. The average Bonchev–Trinajstić information content (AvgIpc) is 1.90. The summed E-state index contributed by atoms with van der Waals surface area (Å²) in [6.45, 7) is 0. The second kappa shape index (κ2) is 5.40. The molecule has 0 spiro atoms. The molecule has 0 saturated carbocycles. The van der Waals surface area contributed by atoms with Gasteiger partial charge in [-0.05, 0) is 12.1 Å². The van der Waals surface area contributed by atoms with Crippen LogP contribution in [0.2, 0.25) is 0 Å². The van der Waals surface area contributed by atoms with E-state index >= 15 is 0 Å². The van der Waals surface area contributed by atoms with Gasteiger partial charge in [0.15, 0.2) is 0 Å². The average molecular weight is 158 g/mol. The highest BCUT2D eigenvalue weighted by atomic mass is 16.4. The Kier molecular flexibility index (Phi) is 6.04. The minimum atomic E-state index is -0.879. The van der Waals surface area contributed by atoms with Crippen LogP contribution in [0.1, 0.15) is 10.4 Å². The summed E-state index contributed by atoms with van der Waals surface area (Å²) in [4.78, 5) is 10.2. The van der Waals surface area contributed by atoms with E-state index in [2.05, 4.69) is 0 Å². The monoisotopic (exact) mass is 158 g/mol. The van der Waals surface area contributed by atoms with Crippen molar-refractivity contribution in [1.82, 2.24) is 0 Å². The topological polar surface area (TPSA) is 100 Å². The summed E-state index contributed by atoms with van der Waals surface area (Å²) in [5, 5.41) is 8.38. The molecule has 0 bridgehead atoms. The number of rotatable bonds is 1. The largest absolute Gasteiger partial charge is 0.478 e. The van der Waals surface area contributed by atoms with Crippen LogP contribution in [-0.4, -0.2) is 22.0 Å². The Morgan fingerprint density at radius 2 is 1.55 bits per heavy atom. The maximum Gasteiger partial charge on any atom is 0.335 e. The molecule has 1 aromatic rings. The molecule has 0 aliphatic carbocycles. The zero-order valence-electron chi connectivity index (χ0n) is 5.74. The summed E-state index contributed by atoms with van der Waals surface area (Å²) in [7, 11) is 0. The third-order valence-corrected chi connectivity index (χ3v) is 1.02. The van der Waals surface area contributed by atoms with Gasteiger partial charge >= 0.3 is 5.97 Å². The summed E-state index contributed by atoms with van der Waals surface area (Å²) in [6.07, 6.45) is 0. The van der Waals surface area contributed by atoms with E-state index in [4.69, 9.17) is 5.11 Å². The van der Waals surface area contributed by atoms with Crippen LogP contribution in [0, 0.1) is 0 Å². The summed E-state index contributed by atoms with van der Waals surface area (Å²) < 4.78 is 0. The van der Waals surface area contributed by atoms with Crippen molar-refractivity contribution < 1.29 is 20.9 Å². The predicted molar refractivity (Wildman–Crippen MR) is 40.6 cm³/mol. The number of benzene rings is 1. The predicted octanol–water partition coefficient (Wildman–Crippen LogP) is -0.265. The van der Waals surface area contributed by atoms with Gasteiger partial charge in [0.2, 0.25) is 0 Å². The number of carboxylic acids is 1. The molecular formula is C7H10O4. The standard InChI is InChI=1S/C7H6O2.2H2O/c8-7(9)6-4-2-1-3-5-6;;/h1-5H,(H,8,9);2*1H2. The molecule has 0 fully saturated rings. The molecule has 4 nitrogen and oxygen atoms in total. The van der Waals surface area contributed by atoms with E-state index in [1.165, 1.54) is 0 Å². The molecule has 0 saturated heterocycles. The van der Waals surface area contributed by atoms with Gasteiger partial charge in [-0.3, -0.25) is 0 Å². The molecule has 62 valence electrons. The molecular weight excluding hydrogens is 148 g/mol. The van der Waals surface area contributed by atoms with Crippen LogP contribution in [0.15, 0.2) is 30.3 Å². The first-order chi connectivity index (χ1) is 4.30. The molecule has 5 N–H and O–H groups in total. The first kappa shape index (κ1) is 12.3. The van der Waals surface area contributed by atoms with Crippen molar-refractivity contribution in [2.45, 2.75) is 0 Å². The van der Waals surface area contributed by atoms with E-state index in [1.807, 2.05) is 0 Å². The van der Waals surface area contributed by atoms with Crippen molar-refractivity contribution in [2.24, 2.45) is 0 Å². The van der Waals surface area contributed by atoms with Crippen molar-refractivity contribution in [2.75, 3.05) is 0 Å². The van der Waals surface area contributed by atoms with Gasteiger partial charge in [-0.15, -0.1) is 0 Å². The zero-order chi connectivity index (χ0) is 6.69. The number of hydrogen-bond donors (Lipinski definition) is 1. The van der Waals surface area contributed by atoms with E-state index in [9.17, 15) is 4.79 Å². The third kappa shape index (κ3) is 3.34. The van der Waals surface area contributed by atoms with Crippen molar-refractivity contribution in [3.05, 3.63) is 35.9 Å². The second-order valence-electron chi connectivity index (χ2n) is 1.67. The molecule has 0 heterocycles. The van der Waals surface area contributed by atoms with Crippen LogP contribution in [0.25, 0.3) is 0 Å². The second-order valence-corrected chi connectivity index (χ2v) is 1.67. The van der Waals surface area contributed by atoms with Gasteiger partial charge in [0.25, 0.3) is 0 Å². The molecule has 1 aromatic carbocycles. The molecule has 0 unspecified atom stereocenters. The van der Waals surface area contributed by atoms with Gasteiger partial charge in [-0.1, -0.05) is 18.2 Å². The number of hydrogen-bond acceptors (Lipinski definition) is 1. The first-order valence-corrected chi connectivity index (χ1v) is 2.59. The van der Waals surface area contributed by atoms with Crippen molar-refractivity contribution in [3.8, 4) is 0 Å². The van der Waals surface area contributed by atoms with Gasteiger partial charge in [-0.2, -0.15) is 0 Å². The van der Waals surface area contributed by atoms with E-state index in [0.717, 1.165) is 0 Å². The van der Waals surface area contributed by atoms with Crippen LogP contribution < -0.4 is 0 Å². The van der Waals surface area contributed by atoms with Gasteiger partial charge in [0, 0.05) is 0 Å². The maximum atomic E-state index is 10.2. The van der Waals surface area contributed by atoms with Crippen molar-refractivity contribution >= 4 is 5.97 Å². The minimum Gasteiger partial charge on any atom is -0.478 e. The lowest BCUT2D eigenvalue weighted by molar-refractivity contribution is 0.0697. The Hall–Kier alpha value is -1.39. The number of carboxylic acid groups (broad SMARTS) is 1. The lowest BCUT2D eigenvalue weighted by Gasteiger charge is -1.88. The molecule has 1 rings (SSSR count). The normalized spacial score (nSPS) is 7.27. The van der Waals surface area contributed by atoms with E-state index < -0.39 is 5.97 Å². The van der Waals surface area contributed by atoms with Crippen LogP contribution in [0.4, 0.5) is 0 Å². The molecule has 4 heteroatoms. The fourth-order valence-corrected chi connectivity index (χ4v) is 0.581. The van der Waals surface area contributed by atoms with Crippen molar-refractivity contribution in [1.29, 1.82) is 0 Å². The Balaban J connectivity index is 0. The molecule has 11 heavy (non-hydrogen) atoms. The number of aromatic carboxylic acids is 1. The Labute approximate surface area is 63.7 Å². The Morgan fingerprint density at radius 1 is 1.09 bits per heavy atom. The molecule has 0 aliphatic rings. The van der Waals surface area contributed by atoms with Gasteiger partial charge in [-0.25, -0.2) is 4.79 Å². The van der Waals surface area contributed by atoms with E-state index in [-0.39, 0.29) is 11.0 Å². The lowest BCUT2D eigenvalue weighted by Crippen LogP contribution is -1.93. The van der Waals surface area contributed by atoms with Crippen LogP contribution in [0.5, 0.6) is 0 Å². The highest BCUT2D eigenvalue weighted by Gasteiger charge is 1.96. The first-order valence-electron chi connectivity index (χ1n) is 2.59. The highest BCUT2D eigenvalue weighted by Crippen LogP contribution is 1.96. The number of carbonyl (C=O) groups is 1. The molecule has 0 amide bonds. The minimum absolute atomic E-state index is 0. The SMILES string of the molecule is O.O.O=C(O)c1ccccc1. The summed E-state index contributed by atoms with van der Waals surface area (Å²) in [5.41, 5.74) is 0.331. The van der Waals surface area contributed by atoms with Gasteiger partial charge < -0.3 is 16.1 Å². The maximum absolute atomic E-state index is 10.2. The molecule has 0 aromatic heterocycles. The van der Waals surface area contributed by atoms with Crippen LogP contribution >= 0.6 is 0 Å². The third-order valence-electron chi connectivity index (χ3n) is 1.02. The van der Waals surface area contributed by atoms with E-state index in [1.54, 1.807) is 30.3 Å². The molecule has 0 radical (unpaired) electrons. The summed E-state index contributed by atoms with van der Waals surface area (Å²) in [5.74, 6) is -0.879. The van der Waals surface area contributed by atoms with Crippen molar-refractivity contribution in [3.63, 3.8) is 0 Å². The highest BCUT2D eigenvalue weighted by molar-refractivity contribution is 5.87. The quantitative estimate of drug-likeness (QED) is 0.608. The smallest absolute Gasteiger partial charge is 0.335 e.